The second kappa shape index (κ2) is 3.97. The number of carboxylic acid groups (broad SMARTS) is 1. The molecule has 0 bridgehead atoms. The summed E-state index contributed by atoms with van der Waals surface area (Å²) in [4.78, 5) is 10.5. The summed E-state index contributed by atoms with van der Waals surface area (Å²) < 4.78 is 0. The lowest BCUT2D eigenvalue weighted by Crippen LogP contribution is -2.36. The van der Waals surface area contributed by atoms with Crippen LogP contribution in [-0.2, 0) is 4.79 Å². The number of hydrogen-bond donors (Lipinski definition) is 2. The molecule has 1 fully saturated rings. The first-order valence-electron chi connectivity index (χ1n) is 3.84. The molecule has 1 saturated heterocycles. The van der Waals surface area contributed by atoms with E-state index in [2.05, 4.69) is 12.2 Å². The van der Waals surface area contributed by atoms with Crippen LogP contribution >= 0.6 is 11.8 Å². The van der Waals surface area contributed by atoms with Crippen LogP contribution in [0.3, 0.4) is 0 Å². The van der Waals surface area contributed by atoms with Crippen molar-refractivity contribution in [3.05, 3.63) is 0 Å². The molecule has 0 aromatic carbocycles. The number of nitrogens with one attached hydrogen (secondary N) is 1. The van der Waals surface area contributed by atoms with Crippen LogP contribution in [0.5, 0.6) is 0 Å². The predicted octanol–water partition coefficient (Wildman–Crippen LogP) is 0.902. The Balaban J connectivity index is 2.29. The summed E-state index contributed by atoms with van der Waals surface area (Å²) in [7, 11) is 0. The molecule has 3 nitrogen and oxygen atoms in total. The minimum absolute atomic E-state index is 0.323. The third-order valence-electron chi connectivity index (χ3n) is 1.70. The van der Waals surface area contributed by atoms with Gasteiger partial charge >= 0.3 is 5.97 Å². The first kappa shape index (κ1) is 8.87. The molecule has 0 saturated carbocycles. The number of hydrogen-bond acceptors (Lipinski definition) is 3. The number of carboxylic acids is 1. The summed E-state index contributed by atoms with van der Waals surface area (Å²) in [6.07, 6.45) is 2.17. The van der Waals surface area contributed by atoms with Crippen LogP contribution in [0, 0.1) is 0 Å². The van der Waals surface area contributed by atoms with Gasteiger partial charge in [0.15, 0.2) is 0 Å². The van der Waals surface area contributed by atoms with Crippen molar-refractivity contribution in [1.82, 2.24) is 5.32 Å². The number of thioether (sulfide) groups is 1. The van der Waals surface area contributed by atoms with Crippen LogP contribution in [-0.4, -0.2) is 28.2 Å². The van der Waals surface area contributed by atoms with Crippen LogP contribution in [0.4, 0.5) is 0 Å². The molecule has 0 aliphatic carbocycles. The monoisotopic (exact) mass is 175 g/mol. The number of rotatable bonds is 3. The maximum absolute atomic E-state index is 10.5. The molecule has 0 spiro atoms. The van der Waals surface area contributed by atoms with Gasteiger partial charge in [0.2, 0.25) is 0 Å². The molecular formula is C7H13NO2S. The van der Waals surface area contributed by atoms with Crippen LogP contribution in [0.15, 0.2) is 0 Å². The Labute approximate surface area is 70.6 Å². The zero-order valence-corrected chi connectivity index (χ0v) is 7.36. The predicted molar refractivity (Wildman–Crippen MR) is 45.7 cm³/mol. The molecule has 4 heteroatoms. The highest BCUT2D eigenvalue weighted by atomic mass is 32.2. The van der Waals surface area contributed by atoms with Crippen molar-refractivity contribution in [2.45, 2.75) is 31.2 Å². The Morgan fingerprint density at radius 3 is 3.00 bits per heavy atom. The van der Waals surface area contributed by atoms with E-state index >= 15 is 0 Å². The van der Waals surface area contributed by atoms with E-state index in [1.165, 1.54) is 0 Å². The fourth-order valence-electron chi connectivity index (χ4n) is 1.10. The van der Waals surface area contributed by atoms with Crippen molar-refractivity contribution < 1.29 is 9.90 Å². The molecule has 0 radical (unpaired) electrons. The SMILES string of the molecule is CCC[C@@H]1N[C@H](C(=O)O)CS1. The molecule has 1 heterocycles. The molecule has 1 rings (SSSR count). The zero-order chi connectivity index (χ0) is 8.27. The maximum Gasteiger partial charge on any atom is 0.321 e. The van der Waals surface area contributed by atoms with Crippen LogP contribution in [0.25, 0.3) is 0 Å². The van der Waals surface area contributed by atoms with E-state index < -0.39 is 5.97 Å². The van der Waals surface area contributed by atoms with Crippen LogP contribution in [0.2, 0.25) is 0 Å². The summed E-state index contributed by atoms with van der Waals surface area (Å²) in [5.41, 5.74) is 0. The van der Waals surface area contributed by atoms with Crippen LogP contribution in [0.1, 0.15) is 19.8 Å². The molecule has 0 unspecified atom stereocenters. The van der Waals surface area contributed by atoms with E-state index in [0.717, 1.165) is 12.8 Å². The molecule has 2 N–H and O–H groups in total. The van der Waals surface area contributed by atoms with Crippen molar-refractivity contribution in [2.75, 3.05) is 5.75 Å². The Bertz CT molecular complexity index is 151. The second-order valence-corrected chi connectivity index (χ2v) is 3.90. The highest BCUT2D eigenvalue weighted by molar-refractivity contribution is 8.00. The molecule has 1 aliphatic heterocycles. The van der Waals surface area contributed by atoms with Crippen LogP contribution < -0.4 is 5.32 Å². The largest absolute Gasteiger partial charge is 0.480 e. The standard InChI is InChI=1S/C7H13NO2S/c1-2-3-6-8-5(4-11-6)7(9)10/h5-6,8H,2-4H2,1H3,(H,9,10)/t5-,6+/m0/s1. The van der Waals surface area contributed by atoms with Gasteiger partial charge in [0.25, 0.3) is 0 Å². The lowest BCUT2D eigenvalue weighted by Gasteiger charge is -2.07. The minimum atomic E-state index is -0.726. The highest BCUT2D eigenvalue weighted by Gasteiger charge is 2.28. The Morgan fingerprint density at radius 1 is 1.82 bits per heavy atom. The van der Waals surface area contributed by atoms with Gasteiger partial charge in [-0.25, -0.2) is 0 Å². The fraction of sp³-hybridized carbons (Fsp3) is 0.857. The van der Waals surface area contributed by atoms with Gasteiger partial charge in [-0.15, -0.1) is 11.8 Å². The van der Waals surface area contributed by atoms with Crippen molar-refractivity contribution in [3.63, 3.8) is 0 Å². The summed E-state index contributed by atoms with van der Waals surface area (Å²) >= 11 is 1.71. The quantitative estimate of drug-likeness (QED) is 0.669. The first-order valence-corrected chi connectivity index (χ1v) is 4.89. The zero-order valence-electron chi connectivity index (χ0n) is 6.54. The average Bonchev–Trinajstić information content (AvgIpc) is 2.37. The first-order chi connectivity index (χ1) is 5.24. The molecule has 0 aromatic heterocycles. The summed E-state index contributed by atoms with van der Waals surface area (Å²) in [6, 6.07) is -0.323. The smallest absolute Gasteiger partial charge is 0.321 e. The van der Waals surface area contributed by atoms with Gasteiger partial charge in [-0.3, -0.25) is 10.1 Å². The van der Waals surface area contributed by atoms with E-state index in [1.807, 2.05) is 0 Å². The van der Waals surface area contributed by atoms with Crippen molar-refractivity contribution >= 4 is 17.7 Å². The topological polar surface area (TPSA) is 49.3 Å². The minimum Gasteiger partial charge on any atom is -0.480 e. The third kappa shape index (κ3) is 2.38. The van der Waals surface area contributed by atoms with E-state index in [9.17, 15) is 4.79 Å². The Morgan fingerprint density at radius 2 is 2.55 bits per heavy atom. The Kier molecular flexibility index (Phi) is 3.20. The van der Waals surface area contributed by atoms with Crippen molar-refractivity contribution in [3.8, 4) is 0 Å². The van der Waals surface area contributed by atoms with Gasteiger partial charge in [-0.05, 0) is 6.42 Å². The molecule has 64 valence electrons. The van der Waals surface area contributed by atoms with E-state index in [4.69, 9.17) is 5.11 Å². The summed E-state index contributed by atoms with van der Waals surface area (Å²) in [5, 5.41) is 12.0. The lowest BCUT2D eigenvalue weighted by atomic mass is 10.3. The maximum atomic E-state index is 10.5. The third-order valence-corrected chi connectivity index (χ3v) is 3.00. The molecule has 0 aromatic rings. The van der Waals surface area contributed by atoms with Gasteiger partial charge in [0, 0.05) is 5.75 Å². The van der Waals surface area contributed by atoms with E-state index in [1.54, 1.807) is 11.8 Å². The highest BCUT2D eigenvalue weighted by Crippen LogP contribution is 2.22. The molecule has 0 amide bonds. The average molecular weight is 175 g/mol. The molecule has 2 atom stereocenters. The normalized spacial score (nSPS) is 30.6. The van der Waals surface area contributed by atoms with E-state index in [0.29, 0.717) is 11.1 Å². The summed E-state index contributed by atoms with van der Waals surface area (Å²) in [5.74, 6) is -0.0175. The van der Waals surface area contributed by atoms with Gasteiger partial charge in [-0.1, -0.05) is 13.3 Å². The molecular weight excluding hydrogens is 162 g/mol. The molecule has 11 heavy (non-hydrogen) atoms. The summed E-state index contributed by atoms with van der Waals surface area (Å²) in [6.45, 7) is 2.11. The molecule has 1 aliphatic rings. The van der Waals surface area contributed by atoms with Crippen molar-refractivity contribution in [1.29, 1.82) is 0 Å². The van der Waals surface area contributed by atoms with Crippen molar-refractivity contribution in [2.24, 2.45) is 0 Å². The fourth-order valence-corrected chi connectivity index (χ4v) is 2.43. The number of carbonyl (C=O) groups is 1. The lowest BCUT2D eigenvalue weighted by molar-refractivity contribution is -0.138. The van der Waals surface area contributed by atoms with Gasteiger partial charge in [0.05, 0.1) is 5.37 Å². The van der Waals surface area contributed by atoms with E-state index in [-0.39, 0.29) is 6.04 Å². The Hall–Kier alpha value is -0.220. The number of aliphatic carboxylic acids is 1. The van der Waals surface area contributed by atoms with Gasteiger partial charge in [0.1, 0.15) is 6.04 Å². The van der Waals surface area contributed by atoms with Gasteiger partial charge < -0.3 is 5.11 Å². The van der Waals surface area contributed by atoms with Gasteiger partial charge in [-0.2, -0.15) is 0 Å². The second-order valence-electron chi connectivity index (χ2n) is 2.67.